The Morgan fingerprint density at radius 1 is 1.48 bits per heavy atom. The van der Waals surface area contributed by atoms with Crippen LogP contribution in [-0.2, 0) is 16.1 Å². The van der Waals surface area contributed by atoms with Gasteiger partial charge in [-0.3, -0.25) is 14.2 Å². The largest absolute Gasteiger partial charge is 0.464 e. The summed E-state index contributed by atoms with van der Waals surface area (Å²) >= 11 is 5.96. The van der Waals surface area contributed by atoms with Crippen LogP contribution in [0, 0.1) is 6.92 Å². The van der Waals surface area contributed by atoms with Crippen molar-refractivity contribution in [3.63, 3.8) is 0 Å². The molecule has 0 aliphatic rings. The van der Waals surface area contributed by atoms with Crippen molar-refractivity contribution >= 4 is 29.2 Å². The van der Waals surface area contributed by atoms with E-state index in [0.29, 0.717) is 22.9 Å². The minimum absolute atomic E-state index is 0.0603. The molecule has 2 heterocycles. The number of carbonyl (C=O) groups is 2. The van der Waals surface area contributed by atoms with Gasteiger partial charge in [0.15, 0.2) is 5.69 Å². The smallest absolute Gasteiger partial charge is 0.360 e. The van der Waals surface area contributed by atoms with Crippen LogP contribution < -0.4 is 5.32 Å². The van der Waals surface area contributed by atoms with E-state index in [-0.39, 0.29) is 11.6 Å². The van der Waals surface area contributed by atoms with Gasteiger partial charge in [0, 0.05) is 12.7 Å². The Morgan fingerprint density at radius 3 is 2.70 bits per heavy atom. The Hall–Kier alpha value is -2.35. The molecule has 0 aromatic carbocycles. The number of methoxy groups -OCH3 is 1. The summed E-state index contributed by atoms with van der Waals surface area (Å²) in [5.41, 5.74) is 1.04. The number of amides is 1. The Bertz CT molecular complexity index is 737. The summed E-state index contributed by atoms with van der Waals surface area (Å²) in [4.78, 5) is 24.2. The van der Waals surface area contributed by atoms with E-state index in [1.165, 1.54) is 18.0 Å². The van der Waals surface area contributed by atoms with Gasteiger partial charge in [0.25, 0.3) is 0 Å². The molecule has 1 atom stereocenters. The third kappa shape index (κ3) is 3.37. The fraction of sp³-hybridized carbons (Fsp3) is 0.429. The Morgan fingerprint density at radius 2 is 2.17 bits per heavy atom. The van der Waals surface area contributed by atoms with Gasteiger partial charge in [0.1, 0.15) is 6.04 Å². The first-order chi connectivity index (χ1) is 10.9. The van der Waals surface area contributed by atoms with Crippen molar-refractivity contribution in [1.82, 2.24) is 19.6 Å². The van der Waals surface area contributed by atoms with Crippen molar-refractivity contribution in [2.24, 2.45) is 0 Å². The molecule has 0 aliphatic heterocycles. The van der Waals surface area contributed by atoms with Crippen molar-refractivity contribution in [2.45, 2.75) is 33.4 Å². The summed E-state index contributed by atoms with van der Waals surface area (Å²) in [6.45, 7) is 5.89. The molecule has 0 saturated carbocycles. The quantitative estimate of drug-likeness (QED) is 0.842. The zero-order valence-electron chi connectivity index (χ0n) is 13.3. The molecule has 2 aromatic rings. The lowest BCUT2D eigenvalue weighted by molar-refractivity contribution is -0.119. The van der Waals surface area contributed by atoms with Crippen molar-refractivity contribution in [3.8, 4) is 0 Å². The second-order valence-electron chi connectivity index (χ2n) is 4.93. The highest BCUT2D eigenvalue weighted by molar-refractivity contribution is 6.31. The van der Waals surface area contributed by atoms with Crippen molar-refractivity contribution in [3.05, 3.63) is 28.8 Å². The Balaban J connectivity index is 2.24. The van der Waals surface area contributed by atoms with Gasteiger partial charge in [0.2, 0.25) is 5.91 Å². The van der Waals surface area contributed by atoms with E-state index in [1.807, 2.05) is 6.92 Å². The topological polar surface area (TPSA) is 91.0 Å². The first-order valence-corrected chi connectivity index (χ1v) is 7.43. The number of carbonyl (C=O) groups excluding carboxylic acids is 2. The van der Waals surface area contributed by atoms with E-state index in [1.54, 1.807) is 24.7 Å². The standard InChI is InChI=1S/C14H18ClN5O3/c1-5-19-7-11(12(18-19)14(22)23-4)17-13(21)9(3)20-8(2)10(15)6-16-20/h6-7,9H,5H2,1-4H3,(H,17,21)/t9-/m1/s1. The normalized spacial score (nSPS) is 12.0. The number of anilines is 1. The van der Waals surface area contributed by atoms with Gasteiger partial charge in [-0.2, -0.15) is 10.2 Å². The average molecular weight is 340 g/mol. The molecule has 124 valence electrons. The van der Waals surface area contributed by atoms with Gasteiger partial charge in [-0.05, 0) is 20.8 Å². The maximum Gasteiger partial charge on any atom is 0.360 e. The third-order valence-electron chi connectivity index (χ3n) is 3.45. The van der Waals surface area contributed by atoms with E-state index in [9.17, 15) is 9.59 Å². The fourth-order valence-electron chi connectivity index (χ4n) is 2.06. The van der Waals surface area contributed by atoms with E-state index < -0.39 is 12.0 Å². The molecule has 0 aliphatic carbocycles. The summed E-state index contributed by atoms with van der Waals surface area (Å²) in [5.74, 6) is -0.952. The number of nitrogens with one attached hydrogen (secondary N) is 1. The zero-order chi connectivity index (χ0) is 17.1. The molecular weight excluding hydrogens is 322 g/mol. The number of hydrogen-bond donors (Lipinski definition) is 1. The number of aromatic nitrogens is 4. The second-order valence-corrected chi connectivity index (χ2v) is 5.33. The molecule has 23 heavy (non-hydrogen) atoms. The molecule has 1 amide bonds. The first kappa shape index (κ1) is 17.0. The lowest BCUT2D eigenvalue weighted by Crippen LogP contribution is -2.25. The molecule has 2 aromatic heterocycles. The van der Waals surface area contributed by atoms with Crippen LogP contribution in [0.1, 0.15) is 36.1 Å². The highest BCUT2D eigenvalue weighted by Crippen LogP contribution is 2.20. The van der Waals surface area contributed by atoms with Gasteiger partial charge < -0.3 is 10.1 Å². The highest BCUT2D eigenvalue weighted by Gasteiger charge is 2.23. The van der Waals surface area contributed by atoms with Crippen LogP contribution in [-0.4, -0.2) is 38.5 Å². The number of esters is 1. The van der Waals surface area contributed by atoms with Crippen LogP contribution in [0.5, 0.6) is 0 Å². The number of hydrogen-bond acceptors (Lipinski definition) is 5. The monoisotopic (exact) mass is 339 g/mol. The van der Waals surface area contributed by atoms with E-state index in [2.05, 4.69) is 20.3 Å². The number of halogens is 1. The van der Waals surface area contributed by atoms with Crippen molar-refractivity contribution in [1.29, 1.82) is 0 Å². The summed E-state index contributed by atoms with van der Waals surface area (Å²) in [6.07, 6.45) is 3.06. The van der Waals surface area contributed by atoms with Crippen LogP contribution in [0.3, 0.4) is 0 Å². The molecule has 0 fully saturated rings. The predicted octanol–water partition coefficient (Wildman–Crippen LogP) is 2.05. The van der Waals surface area contributed by atoms with Gasteiger partial charge in [0.05, 0.1) is 29.7 Å². The minimum atomic E-state index is -0.613. The maximum absolute atomic E-state index is 12.4. The lowest BCUT2D eigenvalue weighted by Gasteiger charge is -2.14. The van der Waals surface area contributed by atoms with Crippen LogP contribution in [0.15, 0.2) is 12.4 Å². The number of nitrogens with zero attached hydrogens (tertiary/aromatic N) is 4. The third-order valence-corrected chi connectivity index (χ3v) is 3.82. The molecule has 8 nitrogen and oxygen atoms in total. The van der Waals surface area contributed by atoms with Crippen LogP contribution in [0.4, 0.5) is 5.69 Å². The Labute approximate surface area is 138 Å². The minimum Gasteiger partial charge on any atom is -0.464 e. The summed E-state index contributed by atoms with van der Waals surface area (Å²) in [5, 5.41) is 11.3. The average Bonchev–Trinajstić information content (AvgIpc) is 3.10. The van der Waals surface area contributed by atoms with Gasteiger partial charge in [-0.25, -0.2) is 4.79 Å². The van der Waals surface area contributed by atoms with Crippen molar-refractivity contribution < 1.29 is 14.3 Å². The van der Waals surface area contributed by atoms with Crippen LogP contribution >= 0.6 is 11.6 Å². The van der Waals surface area contributed by atoms with E-state index in [0.717, 1.165) is 0 Å². The maximum atomic E-state index is 12.4. The number of rotatable bonds is 5. The highest BCUT2D eigenvalue weighted by atomic mass is 35.5. The predicted molar refractivity (Wildman–Crippen MR) is 84.6 cm³/mol. The summed E-state index contributed by atoms with van der Waals surface area (Å²) in [7, 11) is 1.26. The molecular formula is C14H18ClN5O3. The molecule has 9 heteroatoms. The van der Waals surface area contributed by atoms with Crippen molar-refractivity contribution in [2.75, 3.05) is 12.4 Å². The fourth-order valence-corrected chi connectivity index (χ4v) is 2.19. The van der Waals surface area contributed by atoms with Crippen LogP contribution in [0.25, 0.3) is 0 Å². The van der Waals surface area contributed by atoms with Crippen LogP contribution in [0.2, 0.25) is 5.02 Å². The van der Waals surface area contributed by atoms with Gasteiger partial charge in [-0.15, -0.1) is 0 Å². The van der Waals surface area contributed by atoms with E-state index in [4.69, 9.17) is 11.6 Å². The summed E-state index contributed by atoms with van der Waals surface area (Å²) in [6, 6.07) is -0.599. The number of ether oxygens (including phenoxy) is 1. The first-order valence-electron chi connectivity index (χ1n) is 7.05. The molecule has 0 saturated heterocycles. The summed E-state index contributed by atoms with van der Waals surface area (Å²) < 4.78 is 7.74. The van der Waals surface area contributed by atoms with Gasteiger partial charge >= 0.3 is 5.97 Å². The SMILES string of the molecule is CCn1cc(NC(=O)[C@@H](C)n2ncc(Cl)c2C)c(C(=O)OC)n1. The lowest BCUT2D eigenvalue weighted by atomic mass is 10.3. The Kier molecular flexibility index (Phi) is 5.05. The molecule has 0 spiro atoms. The second kappa shape index (κ2) is 6.82. The molecule has 1 N–H and O–H groups in total. The zero-order valence-corrected chi connectivity index (χ0v) is 14.1. The number of aryl methyl sites for hydroxylation is 1. The molecule has 2 rings (SSSR count). The van der Waals surface area contributed by atoms with E-state index >= 15 is 0 Å². The molecule has 0 radical (unpaired) electrons. The molecule has 0 unspecified atom stereocenters. The van der Waals surface area contributed by atoms with Gasteiger partial charge in [-0.1, -0.05) is 11.6 Å². The molecule has 0 bridgehead atoms.